The van der Waals surface area contributed by atoms with E-state index in [0.29, 0.717) is 12.4 Å². The lowest BCUT2D eigenvalue weighted by atomic mass is 10.1. The first kappa shape index (κ1) is 10.2. The maximum absolute atomic E-state index is 11.0. The lowest BCUT2D eigenvalue weighted by molar-refractivity contribution is 0.138. The van der Waals surface area contributed by atoms with Gasteiger partial charge in [0.15, 0.2) is 0 Å². The summed E-state index contributed by atoms with van der Waals surface area (Å²) in [5.74, 6) is 0.851. The first-order chi connectivity index (χ1) is 7.25. The fourth-order valence-electron chi connectivity index (χ4n) is 1.96. The van der Waals surface area contributed by atoms with Crippen LogP contribution in [0.15, 0.2) is 17.2 Å². The average molecular weight is 209 g/mol. The van der Waals surface area contributed by atoms with E-state index in [1.807, 2.05) is 0 Å². The second-order valence-electron chi connectivity index (χ2n) is 3.94. The number of nitrogens with zero attached hydrogens (tertiary/aromatic N) is 1. The van der Waals surface area contributed by atoms with Gasteiger partial charge in [0.25, 0.3) is 5.56 Å². The molecule has 2 atom stereocenters. The highest BCUT2D eigenvalue weighted by Crippen LogP contribution is 2.25. The van der Waals surface area contributed by atoms with E-state index in [2.05, 4.69) is 15.3 Å². The van der Waals surface area contributed by atoms with Crippen molar-refractivity contribution in [3.05, 3.63) is 22.7 Å². The van der Waals surface area contributed by atoms with E-state index in [1.54, 1.807) is 0 Å². The quantitative estimate of drug-likeness (QED) is 0.671. The van der Waals surface area contributed by atoms with Gasteiger partial charge in [-0.25, -0.2) is 4.98 Å². The molecular formula is C10H15N3O2. The normalized spacial score (nSPS) is 25.4. The zero-order chi connectivity index (χ0) is 10.7. The SMILES string of the molecule is O=c1cc(NCC2CCCC2O)nc[nH]1. The highest BCUT2D eigenvalue weighted by Gasteiger charge is 2.24. The number of aromatic amines is 1. The van der Waals surface area contributed by atoms with Crippen molar-refractivity contribution in [2.45, 2.75) is 25.4 Å². The number of hydrogen-bond acceptors (Lipinski definition) is 4. The summed E-state index contributed by atoms with van der Waals surface area (Å²) in [6, 6.07) is 1.42. The molecular weight excluding hydrogens is 194 g/mol. The minimum atomic E-state index is -0.209. The smallest absolute Gasteiger partial charge is 0.252 e. The predicted molar refractivity (Wildman–Crippen MR) is 56.7 cm³/mol. The second-order valence-corrected chi connectivity index (χ2v) is 3.94. The van der Waals surface area contributed by atoms with Crippen molar-refractivity contribution in [3.63, 3.8) is 0 Å². The Morgan fingerprint density at radius 2 is 2.47 bits per heavy atom. The molecule has 0 aliphatic heterocycles. The molecule has 1 aliphatic rings. The summed E-state index contributed by atoms with van der Waals surface area (Å²) in [4.78, 5) is 17.4. The van der Waals surface area contributed by atoms with E-state index in [0.717, 1.165) is 19.3 Å². The van der Waals surface area contributed by atoms with Crippen molar-refractivity contribution in [3.8, 4) is 0 Å². The predicted octanol–water partition coefficient (Wildman–Crippen LogP) is 0.343. The van der Waals surface area contributed by atoms with Crippen LogP contribution in [0.5, 0.6) is 0 Å². The molecule has 0 saturated heterocycles. The Morgan fingerprint density at radius 3 is 3.13 bits per heavy atom. The van der Waals surface area contributed by atoms with Gasteiger partial charge in [-0.1, -0.05) is 6.42 Å². The molecule has 1 aliphatic carbocycles. The summed E-state index contributed by atoms with van der Waals surface area (Å²) >= 11 is 0. The fourth-order valence-corrected chi connectivity index (χ4v) is 1.96. The van der Waals surface area contributed by atoms with Crippen molar-refractivity contribution in [1.82, 2.24) is 9.97 Å². The van der Waals surface area contributed by atoms with Crippen LogP contribution < -0.4 is 10.9 Å². The standard InChI is InChI=1S/C10H15N3O2/c14-8-3-1-2-7(8)5-11-9-4-10(15)13-6-12-9/h4,6-8,14H,1-3,5H2,(H2,11,12,13,15). The van der Waals surface area contributed by atoms with Gasteiger partial charge in [0, 0.05) is 18.5 Å². The first-order valence-corrected chi connectivity index (χ1v) is 5.22. The van der Waals surface area contributed by atoms with Gasteiger partial charge >= 0.3 is 0 Å². The minimum Gasteiger partial charge on any atom is -0.393 e. The Bertz CT molecular complexity index is 377. The van der Waals surface area contributed by atoms with Crippen LogP contribution in [0, 0.1) is 5.92 Å². The molecule has 5 nitrogen and oxygen atoms in total. The highest BCUT2D eigenvalue weighted by molar-refractivity contribution is 5.31. The molecule has 1 fully saturated rings. The Balaban J connectivity index is 1.90. The third-order valence-electron chi connectivity index (χ3n) is 2.84. The van der Waals surface area contributed by atoms with Crippen LogP contribution in [-0.2, 0) is 0 Å². The molecule has 1 saturated carbocycles. The number of aliphatic hydroxyl groups is 1. The topological polar surface area (TPSA) is 78.0 Å². The Labute approximate surface area is 87.6 Å². The summed E-state index contributed by atoms with van der Waals surface area (Å²) < 4.78 is 0. The summed E-state index contributed by atoms with van der Waals surface area (Å²) in [6.07, 6.45) is 4.16. The van der Waals surface area contributed by atoms with Gasteiger partial charge < -0.3 is 15.4 Å². The highest BCUT2D eigenvalue weighted by atomic mass is 16.3. The third-order valence-corrected chi connectivity index (χ3v) is 2.84. The lowest BCUT2D eigenvalue weighted by Crippen LogP contribution is -2.22. The van der Waals surface area contributed by atoms with Crippen LogP contribution >= 0.6 is 0 Å². The minimum absolute atomic E-state index is 0.167. The van der Waals surface area contributed by atoms with Gasteiger partial charge in [0.2, 0.25) is 0 Å². The molecule has 1 aromatic rings. The zero-order valence-electron chi connectivity index (χ0n) is 8.44. The molecule has 0 radical (unpaired) electrons. The molecule has 5 heteroatoms. The van der Waals surface area contributed by atoms with E-state index < -0.39 is 0 Å². The number of aliphatic hydroxyl groups excluding tert-OH is 1. The number of hydrogen-bond donors (Lipinski definition) is 3. The first-order valence-electron chi connectivity index (χ1n) is 5.22. The van der Waals surface area contributed by atoms with Crippen molar-refractivity contribution in [1.29, 1.82) is 0 Å². The molecule has 2 unspecified atom stereocenters. The average Bonchev–Trinajstić information content (AvgIpc) is 2.61. The van der Waals surface area contributed by atoms with E-state index in [1.165, 1.54) is 12.4 Å². The molecule has 0 aromatic carbocycles. The summed E-state index contributed by atoms with van der Waals surface area (Å²) in [6.45, 7) is 0.678. The number of rotatable bonds is 3. The van der Waals surface area contributed by atoms with Gasteiger partial charge in [-0.2, -0.15) is 0 Å². The molecule has 1 heterocycles. The Hall–Kier alpha value is -1.36. The summed E-state index contributed by atoms with van der Waals surface area (Å²) in [5, 5.41) is 12.7. The summed E-state index contributed by atoms with van der Waals surface area (Å²) in [7, 11) is 0. The van der Waals surface area contributed by atoms with Crippen LogP contribution in [0.2, 0.25) is 0 Å². The van der Waals surface area contributed by atoms with E-state index in [4.69, 9.17) is 0 Å². The van der Waals surface area contributed by atoms with Crippen molar-refractivity contribution < 1.29 is 5.11 Å². The number of aromatic nitrogens is 2. The van der Waals surface area contributed by atoms with Gasteiger partial charge in [-0.3, -0.25) is 4.79 Å². The Kier molecular flexibility index (Phi) is 3.01. The van der Waals surface area contributed by atoms with Crippen LogP contribution in [0.25, 0.3) is 0 Å². The van der Waals surface area contributed by atoms with Gasteiger partial charge in [0.05, 0.1) is 12.4 Å². The van der Waals surface area contributed by atoms with Crippen molar-refractivity contribution in [2.24, 2.45) is 5.92 Å². The monoisotopic (exact) mass is 209 g/mol. The molecule has 3 N–H and O–H groups in total. The van der Waals surface area contributed by atoms with Crippen molar-refractivity contribution in [2.75, 3.05) is 11.9 Å². The molecule has 0 amide bonds. The molecule has 82 valence electrons. The largest absolute Gasteiger partial charge is 0.393 e. The van der Waals surface area contributed by atoms with Gasteiger partial charge in [0.1, 0.15) is 5.82 Å². The second kappa shape index (κ2) is 4.44. The zero-order valence-corrected chi connectivity index (χ0v) is 8.44. The summed E-state index contributed by atoms with van der Waals surface area (Å²) in [5.41, 5.74) is -0.167. The number of H-pyrrole nitrogens is 1. The van der Waals surface area contributed by atoms with E-state index >= 15 is 0 Å². The van der Waals surface area contributed by atoms with Gasteiger partial charge in [-0.15, -0.1) is 0 Å². The molecule has 15 heavy (non-hydrogen) atoms. The molecule has 0 bridgehead atoms. The lowest BCUT2D eigenvalue weighted by Gasteiger charge is -2.14. The molecule has 0 spiro atoms. The van der Waals surface area contributed by atoms with Crippen LogP contribution in [0.1, 0.15) is 19.3 Å². The molecule has 1 aromatic heterocycles. The van der Waals surface area contributed by atoms with Gasteiger partial charge in [-0.05, 0) is 12.8 Å². The van der Waals surface area contributed by atoms with Crippen LogP contribution in [0.4, 0.5) is 5.82 Å². The van der Waals surface area contributed by atoms with Crippen LogP contribution in [0.3, 0.4) is 0 Å². The maximum atomic E-state index is 11.0. The fraction of sp³-hybridized carbons (Fsp3) is 0.600. The number of anilines is 1. The Morgan fingerprint density at radius 1 is 1.60 bits per heavy atom. The number of nitrogens with one attached hydrogen (secondary N) is 2. The van der Waals surface area contributed by atoms with E-state index in [-0.39, 0.29) is 17.6 Å². The molecule has 2 rings (SSSR count). The van der Waals surface area contributed by atoms with Crippen LogP contribution in [-0.4, -0.2) is 27.7 Å². The maximum Gasteiger partial charge on any atom is 0.252 e. The third kappa shape index (κ3) is 2.56. The van der Waals surface area contributed by atoms with Crippen molar-refractivity contribution >= 4 is 5.82 Å². The van der Waals surface area contributed by atoms with E-state index in [9.17, 15) is 9.90 Å².